The van der Waals surface area contributed by atoms with Gasteiger partial charge in [-0.3, -0.25) is 0 Å². The van der Waals surface area contributed by atoms with Crippen LogP contribution in [0.25, 0.3) is 0 Å². The summed E-state index contributed by atoms with van der Waals surface area (Å²) in [5.41, 5.74) is 0. The molecule has 1 N–H and O–H groups in total. The van der Waals surface area contributed by atoms with Gasteiger partial charge in [0.25, 0.3) is 0 Å². The summed E-state index contributed by atoms with van der Waals surface area (Å²) in [6, 6.07) is 6.22. The Morgan fingerprint density at radius 1 is 1.27 bits per heavy atom. The molecule has 124 valence electrons. The van der Waals surface area contributed by atoms with Crippen molar-refractivity contribution in [2.75, 3.05) is 19.8 Å². The Kier molecular flexibility index (Phi) is 5.83. The van der Waals surface area contributed by atoms with Gasteiger partial charge in [0.2, 0.25) is 10.0 Å². The molecule has 1 atom stereocenters. The summed E-state index contributed by atoms with van der Waals surface area (Å²) in [7, 11) is -3.55. The third-order valence-electron chi connectivity index (χ3n) is 3.80. The summed E-state index contributed by atoms with van der Waals surface area (Å²) in [5.74, 6) is 1.09. The van der Waals surface area contributed by atoms with Gasteiger partial charge in [-0.05, 0) is 43.0 Å². The third-order valence-corrected chi connectivity index (χ3v) is 5.76. The minimum absolute atomic E-state index is 0.130. The molecule has 1 aliphatic heterocycles. The van der Waals surface area contributed by atoms with Crippen LogP contribution in [0.4, 0.5) is 0 Å². The number of aliphatic hydroxyl groups excluding tert-OH is 1. The topological polar surface area (TPSA) is 66.8 Å². The number of hydrogen-bond acceptors (Lipinski definition) is 4. The Morgan fingerprint density at radius 3 is 2.55 bits per heavy atom. The normalized spacial score (nSPS) is 20.3. The molecule has 1 aromatic carbocycles. The maximum Gasteiger partial charge on any atom is 0.243 e. The van der Waals surface area contributed by atoms with Crippen molar-refractivity contribution in [3.63, 3.8) is 0 Å². The minimum atomic E-state index is -3.55. The third kappa shape index (κ3) is 4.00. The van der Waals surface area contributed by atoms with Gasteiger partial charge in [0.1, 0.15) is 5.75 Å². The first-order valence-electron chi connectivity index (χ1n) is 7.80. The number of sulfonamides is 1. The molecule has 0 bridgehead atoms. The van der Waals surface area contributed by atoms with Crippen molar-refractivity contribution in [3.05, 3.63) is 24.3 Å². The fourth-order valence-electron chi connectivity index (χ4n) is 2.58. The Labute approximate surface area is 133 Å². The molecule has 1 aromatic rings. The first-order valence-corrected chi connectivity index (χ1v) is 9.24. The van der Waals surface area contributed by atoms with Crippen LogP contribution < -0.4 is 4.74 Å². The quantitative estimate of drug-likeness (QED) is 0.870. The summed E-state index contributed by atoms with van der Waals surface area (Å²) in [5, 5.41) is 9.41. The van der Waals surface area contributed by atoms with Crippen LogP contribution in [0, 0.1) is 5.92 Å². The van der Waals surface area contributed by atoms with Crippen molar-refractivity contribution in [2.45, 2.75) is 44.0 Å². The van der Waals surface area contributed by atoms with Gasteiger partial charge >= 0.3 is 0 Å². The van der Waals surface area contributed by atoms with Gasteiger partial charge in [-0.2, -0.15) is 4.31 Å². The number of ether oxygens (including phenoxy) is 1. The summed E-state index contributed by atoms with van der Waals surface area (Å²) >= 11 is 0. The Balaban J connectivity index is 2.15. The fourth-order valence-corrected chi connectivity index (χ4v) is 4.26. The first-order chi connectivity index (χ1) is 10.4. The standard InChI is InChI=1S/C16H25NO4S/c1-13(2)12-21-15-6-8-16(9-7-15)22(19,20)17-10-4-3-5-14(17)11-18/h6-9,13-14,18H,3-5,10-12H2,1-2H3/t14-/m0/s1. The summed E-state index contributed by atoms with van der Waals surface area (Å²) in [4.78, 5) is 0.254. The zero-order chi connectivity index (χ0) is 16.2. The lowest BCUT2D eigenvalue weighted by Crippen LogP contribution is -2.45. The molecule has 1 saturated heterocycles. The SMILES string of the molecule is CC(C)COc1ccc(S(=O)(=O)N2CCCC[C@H]2CO)cc1. The Morgan fingerprint density at radius 2 is 1.95 bits per heavy atom. The van der Waals surface area contributed by atoms with Crippen LogP contribution in [0.15, 0.2) is 29.2 Å². The molecule has 0 radical (unpaired) electrons. The predicted octanol–water partition coefficient (Wildman–Crippen LogP) is 2.26. The molecule has 5 nitrogen and oxygen atoms in total. The molecule has 0 saturated carbocycles. The second-order valence-corrected chi connectivity index (χ2v) is 8.01. The molecular weight excluding hydrogens is 302 g/mol. The smallest absolute Gasteiger partial charge is 0.243 e. The highest BCUT2D eigenvalue weighted by Crippen LogP contribution is 2.26. The second-order valence-electron chi connectivity index (χ2n) is 6.12. The molecule has 6 heteroatoms. The number of piperidine rings is 1. The number of nitrogens with zero attached hydrogens (tertiary/aromatic N) is 1. The molecule has 1 aliphatic rings. The molecule has 0 amide bonds. The Bertz CT molecular complexity index is 568. The number of hydrogen-bond donors (Lipinski definition) is 1. The van der Waals surface area contributed by atoms with E-state index in [1.54, 1.807) is 24.3 Å². The maximum absolute atomic E-state index is 12.7. The van der Waals surface area contributed by atoms with Crippen LogP contribution in [0.5, 0.6) is 5.75 Å². The minimum Gasteiger partial charge on any atom is -0.493 e. The van der Waals surface area contributed by atoms with E-state index in [-0.39, 0.29) is 17.5 Å². The van der Waals surface area contributed by atoms with E-state index in [2.05, 4.69) is 13.8 Å². The lowest BCUT2D eigenvalue weighted by molar-refractivity contribution is 0.155. The summed E-state index contributed by atoms with van der Waals surface area (Å²) in [6.45, 7) is 5.06. The maximum atomic E-state index is 12.7. The Hall–Kier alpha value is -1.11. The number of benzene rings is 1. The van der Waals surface area contributed by atoms with Gasteiger partial charge in [-0.25, -0.2) is 8.42 Å². The molecule has 22 heavy (non-hydrogen) atoms. The molecule has 0 unspecified atom stereocenters. The average Bonchev–Trinajstić information content (AvgIpc) is 2.53. The van der Waals surface area contributed by atoms with Gasteiger partial charge in [0.05, 0.1) is 18.1 Å². The lowest BCUT2D eigenvalue weighted by atomic mass is 10.1. The van der Waals surface area contributed by atoms with E-state index >= 15 is 0 Å². The zero-order valence-corrected chi connectivity index (χ0v) is 14.1. The van der Waals surface area contributed by atoms with E-state index in [0.29, 0.717) is 31.2 Å². The molecule has 0 aliphatic carbocycles. The van der Waals surface area contributed by atoms with Crippen LogP contribution in [-0.2, 0) is 10.0 Å². The van der Waals surface area contributed by atoms with Crippen molar-refractivity contribution in [1.29, 1.82) is 0 Å². The highest BCUT2D eigenvalue weighted by Gasteiger charge is 2.32. The van der Waals surface area contributed by atoms with Gasteiger partial charge < -0.3 is 9.84 Å². The lowest BCUT2D eigenvalue weighted by Gasteiger charge is -2.33. The van der Waals surface area contributed by atoms with Gasteiger partial charge in [-0.1, -0.05) is 20.3 Å². The highest BCUT2D eigenvalue weighted by molar-refractivity contribution is 7.89. The van der Waals surface area contributed by atoms with Crippen LogP contribution in [0.1, 0.15) is 33.1 Å². The highest BCUT2D eigenvalue weighted by atomic mass is 32.2. The predicted molar refractivity (Wildman–Crippen MR) is 85.4 cm³/mol. The molecule has 1 heterocycles. The van der Waals surface area contributed by atoms with E-state index in [4.69, 9.17) is 4.74 Å². The van der Waals surface area contributed by atoms with Gasteiger partial charge in [-0.15, -0.1) is 0 Å². The summed E-state index contributed by atoms with van der Waals surface area (Å²) in [6.07, 6.45) is 2.51. The average molecular weight is 327 g/mol. The second kappa shape index (κ2) is 7.44. The van der Waals surface area contributed by atoms with Crippen molar-refractivity contribution in [2.24, 2.45) is 5.92 Å². The van der Waals surface area contributed by atoms with E-state index in [1.165, 1.54) is 4.31 Å². The van der Waals surface area contributed by atoms with Crippen LogP contribution in [-0.4, -0.2) is 43.6 Å². The molecule has 2 rings (SSSR count). The van der Waals surface area contributed by atoms with Crippen molar-refractivity contribution in [1.82, 2.24) is 4.31 Å². The monoisotopic (exact) mass is 327 g/mol. The van der Waals surface area contributed by atoms with E-state index < -0.39 is 10.0 Å². The zero-order valence-electron chi connectivity index (χ0n) is 13.2. The largest absolute Gasteiger partial charge is 0.493 e. The van der Waals surface area contributed by atoms with E-state index in [1.807, 2.05) is 0 Å². The van der Waals surface area contributed by atoms with E-state index in [9.17, 15) is 13.5 Å². The first kappa shape index (κ1) is 17.2. The van der Waals surface area contributed by atoms with Crippen molar-refractivity contribution < 1.29 is 18.3 Å². The van der Waals surface area contributed by atoms with Crippen molar-refractivity contribution >= 4 is 10.0 Å². The number of aliphatic hydroxyl groups is 1. The van der Waals surface area contributed by atoms with E-state index in [0.717, 1.165) is 12.8 Å². The van der Waals surface area contributed by atoms with Crippen LogP contribution >= 0.6 is 0 Å². The number of rotatable bonds is 6. The fraction of sp³-hybridized carbons (Fsp3) is 0.625. The molecule has 0 spiro atoms. The van der Waals surface area contributed by atoms with Crippen molar-refractivity contribution in [3.8, 4) is 5.75 Å². The summed E-state index contributed by atoms with van der Waals surface area (Å²) < 4.78 is 32.4. The molecular formula is C16H25NO4S. The molecule has 0 aromatic heterocycles. The van der Waals surface area contributed by atoms with Gasteiger partial charge in [0, 0.05) is 12.6 Å². The molecule has 1 fully saturated rings. The van der Waals surface area contributed by atoms with Crippen LogP contribution in [0.2, 0.25) is 0 Å². The van der Waals surface area contributed by atoms with Crippen LogP contribution in [0.3, 0.4) is 0 Å². The van der Waals surface area contributed by atoms with Gasteiger partial charge in [0.15, 0.2) is 0 Å².